The number of hydrogen-bond acceptors (Lipinski definition) is 4. The zero-order valence-corrected chi connectivity index (χ0v) is 12.4. The van der Waals surface area contributed by atoms with Gasteiger partial charge in [0.15, 0.2) is 6.29 Å². The Morgan fingerprint density at radius 2 is 2.10 bits per heavy atom. The fourth-order valence-electron chi connectivity index (χ4n) is 3.40. The lowest BCUT2D eigenvalue weighted by molar-refractivity contribution is -0.133. The summed E-state index contributed by atoms with van der Waals surface area (Å²) < 4.78 is 5.65. The molecule has 0 aliphatic carbocycles. The first-order valence-corrected chi connectivity index (χ1v) is 7.49. The average Bonchev–Trinajstić information content (AvgIpc) is 2.47. The number of rotatable bonds is 2. The minimum absolute atomic E-state index is 0.261. The summed E-state index contributed by atoms with van der Waals surface area (Å²) in [5.41, 5.74) is 1.67. The highest BCUT2D eigenvalue weighted by atomic mass is 35.5. The van der Waals surface area contributed by atoms with Crippen molar-refractivity contribution in [3.8, 4) is 0 Å². The van der Waals surface area contributed by atoms with E-state index in [4.69, 9.17) is 16.3 Å². The number of morpholine rings is 1. The molecule has 108 valence electrons. The summed E-state index contributed by atoms with van der Waals surface area (Å²) in [5, 5.41) is 2.19. The molecular formula is C16H15ClN2O2. The highest BCUT2D eigenvalue weighted by Crippen LogP contribution is 2.36. The number of benzene rings is 1. The van der Waals surface area contributed by atoms with Crippen molar-refractivity contribution in [2.75, 3.05) is 18.0 Å². The third-order valence-electron chi connectivity index (χ3n) is 4.39. The molecular weight excluding hydrogens is 288 g/mol. The Morgan fingerprint density at radius 1 is 1.38 bits per heavy atom. The van der Waals surface area contributed by atoms with Crippen LogP contribution in [0.2, 0.25) is 5.15 Å². The van der Waals surface area contributed by atoms with Crippen molar-refractivity contribution in [1.82, 2.24) is 4.98 Å². The highest BCUT2D eigenvalue weighted by Gasteiger charge is 2.39. The first kappa shape index (κ1) is 13.0. The maximum absolute atomic E-state index is 11.7. The largest absolute Gasteiger partial charge is 0.371 e. The number of fused-ring (bicyclic) bond motifs is 3. The van der Waals surface area contributed by atoms with Gasteiger partial charge in [-0.25, -0.2) is 4.98 Å². The van der Waals surface area contributed by atoms with Crippen molar-refractivity contribution in [1.29, 1.82) is 0 Å². The minimum Gasteiger partial charge on any atom is -0.371 e. The molecule has 2 bridgehead atoms. The quantitative estimate of drug-likeness (QED) is 0.632. The SMILES string of the molecule is Cc1cccc2c(Cl)nc(N3CC4CC(C3)O4)c(C=O)c12. The number of carbonyl (C=O) groups is 1. The Kier molecular flexibility index (Phi) is 2.91. The second-order valence-electron chi connectivity index (χ2n) is 5.78. The summed E-state index contributed by atoms with van der Waals surface area (Å²) in [6.07, 6.45) is 2.52. The summed E-state index contributed by atoms with van der Waals surface area (Å²) in [6.45, 7) is 3.54. The van der Waals surface area contributed by atoms with Crippen LogP contribution in [-0.2, 0) is 4.74 Å². The highest BCUT2D eigenvalue weighted by molar-refractivity contribution is 6.35. The van der Waals surface area contributed by atoms with Crippen molar-refractivity contribution in [3.05, 3.63) is 34.5 Å². The van der Waals surface area contributed by atoms with E-state index in [1.807, 2.05) is 25.1 Å². The average molecular weight is 303 g/mol. The van der Waals surface area contributed by atoms with Gasteiger partial charge < -0.3 is 9.64 Å². The Morgan fingerprint density at radius 3 is 2.76 bits per heavy atom. The van der Waals surface area contributed by atoms with E-state index in [2.05, 4.69) is 9.88 Å². The molecule has 1 aromatic heterocycles. The predicted molar refractivity (Wildman–Crippen MR) is 82.4 cm³/mol. The molecule has 0 amide bonds. The van der Waals surface area contributed by atoms with Gasteiger partial charge in [0.2, 0.25) is 0 Å². The molecule has 4 nitrogen and oxygen atoms in total. The van der Waals surface area contributed by atoms with Gasteiger partial charge in [0.25, 0.3) is 0 Å². The van der Waals surface area contributed by atoms with E-state index in [-0.39, 0.29) is 12.2 Å². The van der Waals surface area contributed by atoms with Crippen LogP contribution in [0.5, 0.6) is 0 Å². The third kappa shape index (κ3) is 1.93. The Labute approximate surface area is 127 Å². The number of aryl methyl sites for hydroxylation is 1. The fourth-order valence-corrected chi connectivity index (χ4v) is 3.64. The Balaban J connectivity index is 1.92. The van der Waals surface area contributed by atoms with Crippen LogP contribution >= 0.6 is 11.6 Å². The molecule has 0 radical (unpaired) electrons. The number of halogens is 1. The van der Waals surface area contributed by atoms with Gasteiger partial charge in [-0.15, -0.1) is 0 Å². The number of ether oxygens (including phenoxy) is 1. The van der Waals surface area contributed by atoms with Crippen LogP contribution in [0, 0.1) is 6.92 Å². The summed E-state index contributed by atoms with van der Waals surface area (Å²) in [6, 6.07) is 5.83. The smallest absolute Gasteiger partial charge is 0.154 e. The summed E-state index contributed by atoms with van der Waals surface area (Å²) in [7, 11) is 0. The molecule has 2 atom stereocenters. The van der Waals surface area contributed by atoms with E-state index in [9.17, 15) is 4.79 Å². The monoisotopic (exact) mass is 302 g/mol. The number of aldehydes is 1. The topological polar surface area (TPSA) is 42.4 Å². The first-order valence-electron chi connectivity index (χ1n) is 7.12. The lowest BCUT2D eigenvalue weighted by Gasteiger charge is -2.47. The van der Waals surface area contributed by atoms with Crippen LogP contribution < -0.4 is 4.90 Å². The molecule has 3 aliphatic heterocycles. The van der Waals surface area contributed by atoms with Crippen molar-refractivity contribution in [2.24, 2.45) is 0 Å². The van der Waals surface area contributed by atoms with E-state index >= 15 is 0 Å². The third-order valence-corrected chi connectivity index (χ3v) is 4.67. The van der Waals surface area contributed by atoms with Gasteiger partial charge in [0.05, 0.1) is 17.8 Å². The molecule has 0 spiro atoms. The van der Waals surface area contributed by atoms with Crippen molar-refractivity contribution in [3.63, 3.8) is 0 Å². The normalized spacial score (nSPS) is 24.0. The fraction of sp³-hybridized carbons (Fsp3) is 0.375. The molecule has 5 rings (SSSR count). The van der Waals surface area contributed by atoms with E-state index in [1.54, 1.807) is 0 Å². The lowest BCUT2D eigenvalue weighted by atomic mass is 9.97. The van der Waals surface area contributed by atoms with Gasteiger partial charge in [-0.2, -0.15) is 0 Å². The number of carbonyl (C=O) groups excluding carboxylic acids is 1. The number of anilines is 1. The van der Waals surface area contributed by atoms with Gasteiger partial charge in [-0.1, -0.05) is 29.8 Å². The zero-order valence-electron chi connectivity index (χ0n) is 11.7. The molecule has 3 aliphatic rings. The maximum Gasteiger partial charge on any atom is 0.154 e. The van der Waals surface area contributed by atoms with Crippen LogP contribution in [0.3, 0.4) is 0 Å². The van der Waals surface area contributed by atoms with Gasteiger partial charge in [-0.3, -0.25) is 4.79 Å². The van der Waals surface area contributed by atoms with Crippen LogP contribution in [0.4, 0.5) is 5.82 Å². The summed E-state index contributed by atoms with van der Waals surface area (Å²) in [4.78, 5) is 18.3. The van der Waals surface area contributed by atoms with E-state index < -0.39 is 0 Å². The van der Waals surface area contributed by atoms with E-state index in [1.165, 1.54) is 0 Å². The molecule has 2 unspecified atom stereocenters. The second kappa shape index (κ2) is 4.68. The molecule has 5 heteroatoms. The van der Waals surface area contributed by atoms with Crippen molar-refractivity contribution >= 4 is 34.5 Å². The van der Waals surface area contributed by atoms with Crippen LogP contribution in [0.1, 0.15) is 22.3 Å². The number of nitrogens with zero attached hydrogens (tertiary/aromatic N) is 2. The number of piperidine rings is 1. The lowest BCUT2D eigenvalue weighted by Crippen LogP contribution is -2.57. The van der Waals surface area contributed by atoms with Gasteiger partial charge >= 0.3 is 0 Å². The van der Waals surface area contributed by atoms with Gasteiger partial charge in [0.1, 0.15) is 11.0 Å². The molecule has 21 heavy (non-hydrogen) atoms. The van der Waals surface area contributed by atoms with Crippen LogP contribution in [-0.4, -0.2) is 36.6 Å². The second-order valence-corrected chi connectivity index (χ2v) is 6.13. The minimum atomic E-state index is 0.261. The van der Waals surface area contributed by atoms with E-state index in [0.717, 1.165) is 42.1 Å². The van der Waals surface area contributed by atoms with Crippen LogP contribution in [0.15, 0.2) is 18.2 Å². The molecule has 0 saturated carbocycles. The molecule has 0 N–H and O–H groups in total. The summed E-state index contributed by atoms with van der Waals surface area (Å²) >= 11 is 6.34. The van der Waals surface area contributed by atoms with Crippen molar-refractivity contribution < 1.29 is 9.53 Å². The Hall–Kier alpha value is -1.65. The molecule has 3 fully saturated rings. The number of pyridine rings is 1. The number of aromatic nitrogens is 1. The number of hydrogen-bond donors (Lipinski definition) is 0. The maximum atomic E-state index is 11.7. The first-order chi connectivity index (χ1) is 10.2. The molecule has 2 aromatic rings. The molecule has 1 aromatic carbocycles. The van der Waals surface area contributed by atoms with Crippen LogP contribution in [0.25, 0.3) is 10.8 Å². The van der Waals surface area contributed by atoms with Gasteiger partial charge in [-0.05, 0) is 12.5 Å². The standard InChI is InChI=1S/C16H15ClN2O2/c1-9-3-2-4-12-14(9)13(8-20)16(18-15(12)17)19-6-10-5-11(7-19)21-10/h2-4,8,10-11H,5-7H2,1H3. The summed E-state index contributed by atoms with van der Waals surface area (Å²) in [5.74, 6) is 0.690. The van der Waals surface area contributed by atoms with E-state index in [0.29, 0.717) is 16.5 Å². The Bertz CT molecular complexity index is 731. The zero-order chi connectivity index (χ0) is 14.6. The molecule has 4 heterocycles. The predicted octanol–water partition coefficient (Wildman–Crippen LogP) is 2.99. The molecule has 3 saturated heterocycles. The van der Waals surface area contributed by atoms with Gasteiger partial charge in [0, 0.05) is 30.3 Å². The van der Waals surface area contributed by atoms with Crippen molar-refractivity contribution in [2.45, 2.75) is 25.6 Å².